The summed E-state index contributed by atoms with van der Waals surface area (Å²) in [6, 6.07) is -4.68. The van der Waals surface area contributed by atoms with Gasteiger partial charge in [-0.2, -0.15) is 0 Å². The zero-order valence-corrected chi connectivity index (χ0v) is 21.4. The Morgan fingerprint density at radius 2 is 1.22 bits per heavy atom. The zero-order valence-electron chi connectivity index (χ0n) is 21.4. The molecule has 3 amide bonds. The number of hydrogen-bond donors (Lipinski definition) is 10. The lowest BCUT2D eigenvalue weighted by Crippen LogP contribution is -2.57. The number of nitrogens with two attached hydrogens (primary N) is 5. The maximum absolute atomic E-state index is 13.1. The number of aliphatic imine (C=N–C) groups is 2. The van der Waals surface area contributed by atoms with Gasteiger partial charge in [0.15, 0.2) is 11.9 Å². The number of carbonyl (C=O) groups is 4. The number of aliphatic hydroxyl groups excluding tert-OH is 1. The van der Waals surface area contributed by atoms with Crippen molar-refractivity contribution >= 4 is 35.6 Å². The second-order valence-electron chi connectivity index (χ2n) is 8.84. The first-order valence-corrected chi connectivity index (χ1v) is 11.9. The van der Waals surface area contributed by atoms with E-state index in [-0.39, 0.29) is 50.2 Å². The molecule has 15 N–H and O–H groups in total. The van der Waals surface area contributed by atoms with Crippen LogP contribution in [0.1, 0.15) is 46.0 Å². The van der Waals surface area contributed by atoms with Gasteiger partial charge in [-0.3, -0.25) is 24.4 Å². The third kappa shape index (κ3) is 15.1. The van der Waals surface area contributed by atoms with E-state index in [0.717, 1.165) is 0 Å². The lowest BCUT2D eigenvalue weighted by atomic mass is 10.0. The number of carboxylic acid groups (broad SMARTS) is 1. The topological polar surface area (TPSA) is 300 Å². The third-order valence-electron chi connectivity index (χ3n) is 5.02. The Labute approximate surface area is 215 Å². The molecule has 0 bridgehead atoms. The van der Waals surface area contributed by atoms with E-state index in [1.54, 1.807) is 0 Å². The maximum atomic E-state index is 13.1. The molecule has 0 aliphatic heterocycles. The zero-order chi connectivity index (χ0) is 28.5. The molecule has 16 nitrogen and oxygen atoms in total. The van der Waals surface area contributed by atoms with Gasteiger partial charge >= 0.3 is 5.97 Å². The third-order valence-corrected chi connectivity index (χ3v) is 5.02. The summed E-state index contributed by atoms with van der Waals surface area (Å²) in [5.74, 6) is -3.75. The van der Waals surface area contributed by atoms with Crippen molar-refractivity contribution in [3.05, 3.63) is 0 Å². The molecule has 0 aliphatic rings. The van der Waals surface area contributed by atoms with Crippen LogP contribution >= 0.6 is 0 Å². The van der Waals surface area contributed by atoms with E-state index < -0.39 is 54.5 Å². The SMILES string of the molecule is CC(C)CC(NC(=O)C(CCCN=C(N)N)NC(=O)C(N)CCCN=C(N)N)C(=O)NC(CO)C(=O)O. The van der Waals surface area contributed by atoms with Crippen molar-refractivity contribution < 1.29 is 29.4 Å². The van der Waals surface area contributed by atoms with Crippen LogP contribution in [-0.2, 0) is 19.2 Å². The van der Waals surface area contributed by atoms with Gasteiger partial charge in [-0.05, 0) is 38.0 Å². The summed E-state index contributed by atoms with van der Waals surface area (Å²) in [5, 5.41) is 25.6. The lowest BCUT2D eigenvalue weighted by molar-refractivity contribution is -0.143. The number of carboxylic acids is 1. The molecular formula is C21H42N10O6. The monoisotopic (exact) mass is 530 g/mol. The fourth-order valence-corrected chi connectivity index (χ4v) is 3.13. The molecule has 0 aromatic carbocycles. The quantitative estimate of drug-likeness (QED) is 0.0462. The molecule has 0 radical (unpaired) electrons. The summed E-state index contributed by atoms with van der Waals surface area (Å²) in [5.41, 5.74) is 27.1. The molecule has 16 heteroatoms. The minimum absolute atomic E-state index is 0.0537. The minimum Gasteiger partial charge on any atom is -0.480 e. The highest BCUT2D eigenvalue weighted by atomic mass is 16.4. The molecule has 212 valence electrons. The fourth-order valence-electron chi connectivity index (χ4n) is 3.13. The van der Waals surface area contributed by atoms with E-state index in [2.05, 4.69) is 25.9 Å². The Hall–Kier alpha value is -3.66. The molecule has 4 unspecified atom stereocenters. The highest BCUT2D eigenvalue weighted by Crippen LogP contribution is 2.08. The average Bonchev–Trinajstić information content (AvgIpc) is 2.80. The van der Waals surface area contributed by atoms with Crippen LogP contribution in [0.5, 0.6) is 0 Å². The van der Waals surface area contributed by atoms with Gasteiger partial charge in [0.25, 0.3) is 0 Å². The summed E-state index contributed by atoms with van der Waals surface area (Å²) < 4.78 is 0. The van der Waals surface area contributed by atoms with Crippen LogP contribution in [0.15, 0.2) is 9.98 Å². The molecule has 0 rings (SSSR count). The highest BCUT2D eigenvalue weighted by Gasteiger charge is 2.30. The molecule has 0 fully saturated rings. The number of guanidine groups is 2. The first kappa shape index (κ1) is 33.3. The van der Waals surface area contributed by atoms with Crippen molar-refractivity contribution in [2.45, 2.75) is 70.1 Å². The average molecular weight is 531 g/mol. The Bertz CT molecular complexity index is 812. The largest absolute Gasteiger partial charge is 0.480 e. The Balaban J connectivity index is 5.48. The maximum Gasteiger partial charge on any atom is 0.328 e. The summed E-state index contributed by atoms with van der Waals surface area (Å²) in [7, 11) is 0. The van der Waals surface area contributed by atoms with E-state index in [1.165, 1.54) is 0 Å². The number of nitrogens with zero attached hydrogens (tertiary/aromatic N) is 2. The predicted octanol–water partition coefficient (Wildman–Crippen LogP) is -4.00. The molecule has 37 heavy (non-hydrogen) atoms. The molecule has 0 saturated heterocycles. The molecule has 0 aromatic heterocycles. The van der Waals surface area contributed by atoms with Crippen molar-refractivity contribution in [2.24, 2.45) is 44.6 Å². The predicted molar refractivity (Wildman–Crippen MR) is 138 cm³/mol. The van der Waals surface area contributed by atoms with Crippen LogP contribution in [0, 0.1) is 5.92 Å². The lowest BCUT2D eigenvalue weighted by Gasteiger charge is -2.26. The number of aliphatic hydroxyl groups is 1. The van der Waals surface area contributed by atoms with Crippen molar-refractivity contribution in [1.29, 1.82) is 0 Å². The number of hydrogen-bond acceptors (Lipinski definition) is 8. The van der Waals surface area contributed by atoms with Crippen molar-refractivity contribution in [3.63, 3.8) is 0 Å². The number of carbonyl (C=O) groups excluding carboxylic acids is 3. The Kier molecular flexibility index (Phi) is 16.0. The number of aliphatic carboxylic acids is 1. The smallest absolute Gasteiger partial charge is 0.328 e. The molecule has 0 spiro atoms. The van der Waals surface area contributed by atoms with Crippen LogP contribution in [-0.4, -0.2) is 89.7 Å². The molecule has 0 heterocycles. The van der Waals surface area contributed by atoms with Gasteiger partial charge in [0.05, 0.1) is 12.6 Å². The molecule has 4 atom stereocenters. The van der Waals surface area contributed by atoms with E-state index in [0.29, 0.717) is 12.8 Å². The van der Waals surface area contributed by atoms with Gasteiger partial charge in [-0.15, -0.1) is 0 Å². The van der Waals surface area contributed by atoms with Gasteiger partial charge in [-0.1, -0.05) is 13.8 Å². The van der Waals surface area contributed by atoms with Crippen LogP contribution in [0.25, 0.3) is 0 Å². The first-order chi connectivity index (χ1) is 17.3. The Morgan fingerprint density at radius 1 is 0.757 bits per heavy atom. The number of rotatable bonds is 18. The summed E-state index contributed by atoms with van der Waals surface area (Å²) in [4.78, 5) is 57.3. The van der Waals surface area contributed by atoms with E-state index in [1.807, 2.05) is 13.8 Å². The highest BCUT2D eigenvalue weighted by molar-refractivity contribution is 5.94. The standard InChI is InChI=1S/C21H42N10O6/c1-11(2)9-14(18(35)31-15(10-32)19(36)37)30-17(34)13(6-4-8-28-21(25)26)29-16(33)12(22)5-3-7-27-20(23)24/h11-15,32H,3-10,22H2,1-2H3,(H,29,33)(H,30,34)(H,31,35)(H,36,37)(H4,23,24,27)(H4,25,26,28). The first-order valence-electron chi connectivity index (χ1n) is 11.9. The minimum atomic E-state index is -1.54. The molecule has 0 aromatic rings. The molecular weight excluding hydrogens is 488 g/mol. The number of nitrogens with one attached hydrogen (secondary N) is 3. The van der Waals surface area contributed by atoms with Gasteiger partial charge in [0, 0.05) is 13.1 Å². The summed E-state index contributed by atoms with van der Waals surface area (Å²) in [6.07, 6.45) is 1.30. The van der Waals surface area contributed by atoms with Gasteiger partial charge in [-0.25, -0.2) is 4.79 Å². The normalized spacial score (nSPS) is 14.0. The van der Waals surface area contributed by atoms with Gasteiger partial charge in [0.2, 0.25) is 17.7 Å². The summed E-state index contributed by atoms with van der Waals surface area (Å²) in [6.45, 7) is 3.27. The second kappa shape index (κ2) is 17.7. The van der Waals surface area contributed by atoms with Gasteiger partial charge in [0.1, 0.15) is 18.1 Å². The second-order valence-corrected chi connectivity index (χ2v) is 8.84. The Morgan fingerprint density at radius 3 is 1.68 bits per heavy atom. The van der Waals surface area contributed by atoms with Gasteiger partial charge < -0.3 is 54.8 Å². The molecule has 0 aliphatic carbocycles. The molecule has 0 saturated carbocycles. The fraction of sp³-hybridized carbons (Fsp3) is 0.714. The van der Waals surface area contributed by atoms with E-state index in [9.17, 15) is 24.3 Å². The van der Waals surface area contributed by atoms with Crippen molar-refractivity contribution in [1.82, 2.24) is 16.0 Å². The van der Waals surface area contributed by atoms with Crippen LogP contribution in [0.4, 0.5) is 0 Å². The van der Waals surface area contributed by atoms with Crippen LogP contribution < -0.4 is 44.6 Å². The number of amides is 3. The van der Waals surface area contributed by atoms with Crippen molar-refractivity contribution in [3.8, 4) is 0 Å². The summed E-state index contributed by atoms with van der Waals surface area (Å²) >= 11 is 0. The van der Waals surface area contributed by atoms with E-state index in [4.69, 9.17) is 33.8 Å². The van der Waals surface area contributed by atoms with E-state index >= 15 is 0 Å². The van der Waals surface area contributed by atoms with Crippen LogP contribution in [0.2, 0.25) is 0 Å². The van der Waals surface area contributed by atoms with Crippen molar-refractivity contribution in [2.75, 3.05) is 19.7 Å². The van der Waals surface area contributed by atoms with Crippen LogP contribution in [0.3, 0.4) is 0 Å².